The molecule has 0 radical (unpaired) electrons. The zero-order valence-electron chi connectivity index (χ0n) is 11.6. The third-order valence-corrected chi connectivity index (χ3v) is 4.39. The van der Waals surface area contributed by atoms with Crippen LogP contribution in [0.25, 0.3) is 10.7 Å². The molecule has 1 amide bonds. The molecule has 3 heterocycles. The second-order valence-corrected chi connectivity index (χ2v) is 6.21. The van der Waals surface area contributed by atoms with Crippen molar-refractivity contribution in [1.82, 2.24) is 14.5 Å². The summed E-state index contributed by atoms with van der Waals surface area (Å²) in [6.07, 6.45) is 2.48. The van der Waals surface area contributed by atoms with Crippen molar-refractivity contribution >= 4 is 38.3 Å². The summed E-state index contributed by atoms with van der Waals surface area (Å²) in [6.45, 7) is -1.04. The quantitative estimate of drug-likeness (QED) is 0.705. The third-order valence-electron chi connectivity index (χ3n) is 2.90. The third kappa shape index (κ3) is 3.17. The second-order valence-electron chi connectivity index (χ2n) is 4.43. The van der Waals surface area contributed by atoms with Gasteiger partial charge in [-0.05, 0) is 35.0 Å². The lowest BCUT2D eigenvalue weighted by Crippen LogP contribution is -2.10. The Morgan fingerprint density at radius 2 is 2.26 bits per heavy atom. The summed E-state index contributed by atoms with van der Waals surface area (Å²) in [5, 5.41) is 2.85. The predicted octanol–water partition coefficient (Wildman–Crippen LogP) is 4.32. The molecule has 0 saturated heterocycles. The lowest BCUT2D eigenvalue weighted by Gasteiger charge is -2.04. The SMILES string of the molecule is Cc1nc(NC(=O)c2ccc(Br)o2)sc1-c1nccn1C(F)F. The lowest BCUT2D eigenvalue weighted by atomic mass is 10.4. The van der Waals surface area contributed by atoms with Crippen molar-refractivity contribution in [2.75, 3.05) is 5.32 Å². The van der Waals surface area contributed by atoms with Crippen LogP contribution in [0.2, 0.25) is 0 Å². The average molecular weight is 403 g/mol. The first kappa shape index (κ1) is 15.8. The zero-order chi connectivity index (χ0) is 16.6. The van der Waals surface area contributed by atoms with Crippen molar-refractivity contribution in [3.8, 4) is 10.7 Å². The fourth-order valence-corrected chi connectivity index (χ4v) is 3.17. The van der Waals surface area contributed by atoms with E-state index in [1.54, 1.807) is 13.0 Å². The molecule has 0 saturated carbocycles. The summed E-state index contributed by atoms with van der Waals surface area (Å²) in [4.78, 5) is 20.6. The Morgan fingerprint density at radius 1 is 1.48 bits per heavy atom. The van der Waals surface area contributed by atoms with Gasteiger partial charge in [-0.1, -0.05) is 11.3 Å². The van der Waals surface area contributed by atoms with Gasteiger partial charge in [-0.2, -0.15) is 8.78 Å². The number of halogens is 3. The first-order valence-corrected chi connectivity index (χ1v) is 7.92. The van der Waals surface area contributed by atoms with Gasteiger partial charge in [-0.3, -0.25) is 14.7 Å². The van der Waals surface area contributed by atoms with E-state index in [9.17, 15) is 13.6 Å². The van der Waals surface area contributed by atoms with Crippen molar-refractivity contribution in [3.05, 3.63) is 40.7 Å². The monoisotopic (exact) mass is 402 g/mol. The van der Waals surface area contributed by atoms with Gasteiger partial charge in [0, 0.05) is 12.4 Å². The van der Waals surface area contributed by atoms with Gasteiger partial charge in [0.15, 0.2) is 21.4 Å². The van der Waals surface area contributed by atoms with Gasteiger partial charge in [0.2, 0.25) is 0 Å². The molecular formula is C13H9BrF2N4O2S. The molecular weight excluding hydrogens is 394 g/mol. The van der Waals surface area contributed by atoms with Crippen LogP contribution < -0.4 is 5.32 Å². The van der Waals surface area contributed by atoms with Gasteiger partial charge < -0.3 is 4.42 Å². The minimum Gasteiger partial charge on any atom is -0.444 e. The molecule has 0 fully saturated rings. The summed E-state index contributed by atoms with van der Waals surface area (Å²) >= 11 is 4.17. The van der Waals surface area contributed by atoms with Crippen LogP contribution in [-0.2, 0) is 0 Å². The maximum absolute atomic E-state index is 12.9. The number of carbonyl (C=O) groups is 1. The highest BCUT2D eigenvalue weighted by Crippen LogP contribution is 2.33. The molecule has 1 N–H and O–H groups in total. The molecule has 3 aromatic rings. The number of rotatable bonds is 4. The van der Waals surface area contributed by atoms with Crippen LogP contribution in [0.1, 0.15) is 22.8 Å². The standard InChI is InChI=1S/C13H9BrF2N4O2S/c1-6-9(10-17-4-5-20(10)12(15)16)23-13(18-6)19-11(21)7-2-3-8(14)22-7/h2-5,12H,1H3,(H,18,19,21). The number of furan rings is 1. The Labute approximate surface area is 141 Å². The predicted molar refractivity (Wildman–Crippen MR) is 83.7 cm³/mol. The van der Waals surface area contributed by atoms with Crippen LogP contribution >= 0.6 is 27.3 Å². The Bertz CT molecular complexity index is 858. The van der Waals surface area contributed by atoms with Crippen molar-refractivity contribution in [2.24, 2.45) is 0 Å². The molecule has 3 aromatic heterocycles. The number of hydrogen-bond donors (Lipinski definition) is 1. The largest absolute Gasteiger partial charge is 0.444 e. The van der Waals surface area contributed by atoms with E-state index < -0.39 is 12.5 Å². The maximum atomic E-state index is 12.9. The van der Waals surface area contributed by atoms with Gasteiger partial charge in [0.05, 0.1) is 10.6 Å². The minimum absolute atomic E-state index is 0.108. The molecule has 120 valence electrons. The Balaban J connectivity index is 1.86. The van der Waals surface area contributed by atoms with Crippen LogP contribution in [0, 0.1) is 6.92 Å². The smallest absolute Gasteiger partial charge is 0.320 e. The van der Waals surface area contributed by atoms with Crippen molar-refractivity contribution in [3.63, 3.8) is 0 Å². The molecule has 6 nitrogen and oxygen atoms in total. The summed E-state index contributed by atoms with van der Waals surface area (Å²) in [5.74, 6) is -0.259. The Morgan fingerprint density at radius 3 is 2.91 bits per heavy atom. The number of thiazole rings is 1. The normalized spacial score (nSPS) is 11.2. The zero-order valence-corrected chi connectivity index (χ0v) is 14.0. The van der Waals surface area contributed by atoms with E-state index >= 15 is 0 Å². The number of alkyl halides is 2. The number of aromatic nitrogens is 3. The first-order chi connectivity index (χ1) is 11.0. The molecule has 3 rings (SSSR count). The van der Waals surface area contributed by atoms with Crippen LogP contribution in [0.15, 0.2) is 33.6 Å². The minimum atomic E-state index is -2.70. The van der Waals surface area contributed by atoms with Crippen LogP contribution in [-0.4, -0.2) is 20.4 Å². The van der Waals surface area contributed by atoms with E-state index in [4.69, 9.17) is 4.42 Å². The van der Waals surface area contributed by atoms with E-state index in [0.29, 0.717) is 15.2 Å². The van der Waals surface area contributed by atoms with E-state index in [-0.39, 0.29) is 16.7 Å². The highest BCUT2D eigenvalue weighted by Gasteiger charge is 2.20. The summed E-state index contributed by atoms with van der Waals surface area (Å²) in [6, 6.07) is 3.09. The van der Waals surface area contributed by atoms with Gasteiger partial charge in [0.1, 0.15) is 0 Å². The van der Waals surface area contributed by atoms with E-state index in [2.05, 4.69) is 31.2 Å². The van der Waals surface area contributed by atoms with Crippen LogP contribution in [0.4, 0.5) is 13.9 Å². The van der Waals surface area contributed by atoms with E-state index in [1.165, 1.54) is 18.5 Å². The van der Waals surface area contributed by atoms with Crippen molar-refractivity contribution in [2.45, 2.75) is 13.5 Å². The van der Waals surface area contributed by atoms with E-state index in [0.717, 1.165) is 15.9 Å². The second kappa shape index (κ2) is 6.20. The van der Waals surface area contributed by atoms with Crippen LogP contribution in [0.3, 0.4) is 0 Å². The summed E-state index contributed by atoms with van der Waals surface area (Å²) in [7, 11) is 0. The van der Waals surface area contributed by atoms with Gasteiger partial charge >= 0.3 is 6.55 Å². The number of anilines is 1. The Kier molecular flexibility index (Phi) is 4.26. The summed E-state index contributed by atoms with van der Waals surface area (Å²) in [5.41, 5.74) is 0.499. The molecule has 0 atom stereocenters. The highest BCUT2D eigenvalue weighted by atomic mass is 79.9. The highest BCUT2D eigenvalue weighted by molar-refractivity contribution is 9.10. The number of hydrogen-bond acceptors (Lipinski definition) is 5. The van der Waals surface area contributed by atoms with Gasteiger partial charge in [0.25, 0.3) is 5.91 Å². The number of amides is 1. The molecule has 10 heteroatoms. The fraction of sp³-hybridized carbons (Fsp3) is 0.154. The first-order valence-electron chi connectivity index (χ1n) is 6.31. The number of nitrogens with zero attached hydrogens (tertiary/aromatic N) is 3. The number of carbonyl (C=O) groups excluding carboxylic acids is 1. The van der Waals surface area contributed by atoms with Crippen molar-refractivity contribution in [1.29, 1.82) is 0 Å². The molecule has 23 heavy (non-hydrogen) atoms. The van der Waals surface area contributed by atoms with Gasteiger partial charge in [-0.25, -0.2) is 9.97 Å². The number of imidazole rings is 1. The molecule has 0 aromatic carbocycles. The molecule has 0 aliphatic heterocycles. The number of aryl methyl sites for hydroxylation is 1. The van der Waals surface area contributed by atoms with E-state index in [1.807, 2.05) is 0 Å². The lowest BCUT2D eigenvalue weighted by molar-refractivity contribution is 0.0720. The fourth-order valence-electron chi connectivity index (χ4n) is 1.90. The maximum Gasteiger partial charge on any atom is 0.320 e. The average Bonchev–Trinajstić information content (AvgIpc) is 3.18. The molecule has 0 unspecified atom stereocenters. The molecule has 0 spiro atoms. The molecule has 0 aliphatic carbocycles. The van der Waals surface area contributed by atoms with Crippen molar-refractivity contribution < 1.29 is 18.0 Å². The van der Waals surface area contributed by atoms with Crippen LogP contribution in [0.5, 0.6) is 0 Å². The van der Waals surface area contributed by atoms with Gasteiger partial charge in [-0.15, -0.1) is 0 Å². The summed E-state index contributed by atoms with van der Waals surface area (Å²) < 4.78 is 32.2. The number of nitrogens with one attached hydrogen (secondary N) is 1. The molecule has 0 bridgehead atoms. The molecule has 0 aliphatic rings. The topological polar surface area (TPSA) is 73.0 Å². The Hall–Kier alpha value is -2.07.